The predicted molar refractivity (Wildman–Crippen MR) is 72.6 cm³/mol. The van der Waals surface area contributed by atoms with Crippen molar-refractivity contribution in [2.75, 3.05) is 13.3 Å². The van der Waals surface area contributed by atoms with Crippen molar-refractivity contribution in [3.8, 4) is 11.5 Å². The number of benzene rings is 2. The molecule has 2 aromatic rings. The van der Waals surface area contributed by atoms with Gasteiger partial charge in [0.2, 0.25) is 6.79 Å². The Morgan fingerprint density at radius 3 is 2.63 bits per heavy atom. The van der Waals surface area contributed by atoms with Crippen molar-refractivity contribution < 1.29 is 9.47 Å². The zero-order valence-electron chi connectivity index (χ0n) is 10.6. The Kier molecular flexibility index (Phi) is 2.45. The van der Waals surface area contributed by atoms with Gasteiger partial charge in [-0.15, -0.1) is 0 Å². The van der Waals surface area contributed by atoms with Gasteiger partial charge >= 0.3 is 0 Å². The summed E-state index contributed by atoms with van der Waals surface area (Å²) >= 11 is 0. The van der Waals surface area contributed by atoms with E-state index in [1.807, 2.05) is 6.07 Å². The van der Waals surface area contributed by atoms with Crippen LogP contribution in [0.2, 0.25) is 0 Å². The topological polar surface area (TPSA) is 30.5 Å². The molecule has 0 saturated heterocycles. The second kappa shape index (κ2) is 4.28. The van der Waals surface area contributed by atoms with Crippen LogP contribution in [0, 0.1) is 0 Å². The molecule has 96 valence electrons. The number of fused-ring (bicyclic) bond motifs is 2. The van der Waals surface area contributed by atoms with Crippen LogP contribution in [-0.4, -0.2) is 13.3 Å². The zero-order chi connectivity index (χ0) is 12.7. The predicted octanol–water partition coefficient (Wildman–Crippen LogP) is 2.65. The van der Waals surface area contributed by atoms with E-state index in [1.165, 1.54) is 16.7 Å². The van der Waals surface area contributed by atoms with E-state index in [0.29, 0.717) is 6.79 Å². The van der Waals surface area contributed by atoms with Gasteiger partial charge in [-0.25, -0.2) is 0 Å². The van der Waals surface area contributed by atoms with Crippen molar-refractivity contribution in [2.45, 2.75) is 12.5 Å². The molecule has 0 unspecified atom stereocenters. The Morgan fingerprint density at radius 2 is 1.79 bits per heavy atom. The first-order chi connectivity index (χ1) is 9.42. The molecule has 0 bridgehead atoms. The minimum Gasteiger partial charge on any atom is -0.454 e. The number of ether oxygens (including phenoxy) is 2. The fourth-order valence-corrected chi connectivity index (χ4v) is 2.89. The second-order valence-electron chi connectivity index (χ2n) is 4.95. The van der Waals surface area contributed by atoms with Gasteiger partial charge in [-0.05, 0) is 35.2 Å². The molecule has 0 aliphatic carbocycles. The lowest BCUT2D eigenvalue weighted by atomic mass is 9.89. The third kappa shape index (κ3) is 1.78. The van der Waals surface area contributed by atoms with Crippen molar-refractivity contribution in [1.29, 1.82) is 0 Å². The minimum absolute atomic E-state index is 0.249. The van der Waals surface area contributed by atoms with Crippen LogP contribution < -0.4 is 14.8 Å². The molecule has 19 heavy (non-hydrogen) atoms. The quantitative estimate of drug-likeness (QED) is 0.847. The minimum atomic E-state index is 0.249. The summed E-state index contributed by atoms with van der Waals surface area (Å²) in [6, 6.07) is 15.0. The maximum Gasteiger partial charge on any atom is 0.231 e. The van der Waals surface area contributed by atoms with Crippen LogP contribution in [0.1, 0.15) is 22.7 Å². The molecule has 3 nitrogen and oxygen atoms in total. The molecular formula is C16H15NO2. The Hall–Kier alpha value is -2.00. The summed E-state index contributed by atoms with van der Waals surface area (Å²) in [5.74, 6) is 1.75. The van der Waals surface area contributed by atoms with E-state index in [1.54, 1.807) is 0 Å². The highest BCUT2D eigenvalue weighted by Crippen LogP contribution is 2.39. The standard InChI is InChI=1S/C16H15NO2/c1-2-4-11(5-3-1)16-13-9-15-14(18-10-19-15)8-12(13)6-7-17-16/h1-5,8-9,16-17H,6-7,10H2/t16-/m0/s1. The number of hydrogen-bond donors (Lipinski definition) is 1. The fraction of sp³-hybridized carbons (Fsp3) is 0.250. The summed E-state index contributed by atoms with van der Waals surface area (Å²) < 4.78 is 11.0. The van der Waals surface area contributed by atoms with E-state index < -0.39 is 0 Å². The molecule has 0 fully saturated rings. The molecule has 0 radical (unpaired) electrons. The monoisotopic (exact) mass is 253 g/mol. The molecule has 0 aromatic heterocycles. The molecule has 1 N–H and O–H groups in total. The SMILES string of the molecule is c1ccc([C@@H]2NCCc3cc4c(cc32)OCO4)cc1. The molecule has 0 spiro atoms. The van der Waals surface area contributed by atoms with E-state index in [2.05, 4.69) is 41.7 Å². The van der Waals surface area contributed by atoms with Gasteiger partial charge in [0, 0.05) is 6.54 Å². The van der Waals surface area contributed by atoms with Gasteiger partial charge in [-0.1, -0.05) is 30.3 Å². The second-order valence-corrected chi connectivity index (χ2v) is 4.95. The fourth-order valence-electron chi connectivity index (χ4n) is 2.89. The Labute approximate surface area is 112 Å². The molecule has 4 rings (SSSR count). The number of hydrogen-bond acceptors (Lipinski definition) is 3. The Balaban J connectivity index is 1.82. The van der Waals surface area contributed by atoms with Gasteiger partial charge in [-0.2, -0.15) is 0 Å². The van der Waals surface area contributed by atoms with Crippen molar-refractivity contribution in [2.24, 2.45) is 0 Å². The van der Waals surface area contributed by atoms with Crippen LogP contribution in [0.3, 0.4) is 0 Å². The van der Waals surface area contributed by atoms with Crippen LogP contribution in [0.15, 0.2) is 42.5 Å². The van der Waals surface area contributed by atoms with E-state index in [-0.39, 0.29) is 6.04 Å². The zero-order valence-corrected chi connectivity index (χ0v) is 10.6. The third-order valence-electron chi connectivity index (χ3n) is 3.82. The van der Waals surface area contributed by atoms with Crippen LogP contribution >= 0.6 is 0 Å². The highest BCUT2D eigenvalue weighted by molar-refractivity contribution is 5.52. The molecule has 0 saturated carbocycles. The van der Waals surface area contributed by atoms with E-state index in [4.69, 9.17) is 9.47 Å². The van der Waals surface area contributed by atoms with Crippen LogP contribution in [-0.2, 0) is 6.42 Å². The summed E-state index contributed by atoms with van der Waals surface area (Å²) in [5.41, 5.74) is 3.96. The lowest BCUT2D eigenvalue weighted by Crippen LogP contribution is -2.30. The number of nitrogens with one attached hydrogen (secondary N) is 1. The largest absolute Gasteiger partial charge is 0.454 e. The smallest absolute Gasteiger partial charge is 0.231 e. The normalized spacial score (nSPS) is 20.1. The molecule has 2 aromatic carbocycles. The maximum atomic E-state index is 5.50. The van der Waals surface area contributed by atoms with E-state index in [9.17, 15) is 0 Å². The first kappa shape index (κ1) is 10.9. The van der Waals surface area contributed by atoms with E-state index >= 15 is 0 Å². The van der Waals surface area contributed by atoms with Crippen molar-refractivity contribution in [1.82, 2.24) is 5.32 Å². The van der Waals surface area contributed by atoms with Gasteiger partial charge in [0.15, 0.2) is 11.5 Å². The Morgan fingerprint density at radius 1 is 1.00 bits per heavy atom. The third-order valence-corrected chi connectivity index (χ3v) is 3.82. The summed E-state index contributed by atoms with van der Waals surface area (Å²) in [5, 5.41) is 3.59. The van der Waals surface area contributed by atoms with Gasteiger partial charge in [-0.3, -0.25) is 0 Å². The molecular weight excluding hydrogens is 238 g/mol. The lowest BCUT2D eigenvalue weighted by molar-refractivity contribution is 0.174. The maximum absolute atomic E-state index is 5.50. The van der Waals surface area contributed by atoms with Crippen molar-refractivity contribution >= 4 is 0 Å². The molecule has 2 aliphatic heterocycles. The lowest BCUT2D eigenvalue weighted by Gasteiger charge is -2.27. The van der Waals surface area contributed by atoms with Gasteiger partial charge < -0.3 is 14.8 Å². The van der Waals surface area contributed by atoms with Crippen LogP contribution in [0.25, 0.3) is 0 Å². The highest BCUT2D eigenvalue weighted by atomic mass is 16.7. The first-order valence-corrected chi connectivity index (χ1v) is 6.62. The first-order valence-electron chi connectivity index (χ1n) is 6.62. The summed E-state index contributed by atoms with van der Waals surface area (Å²) in [6.07, 6.45) is 1.04. The van der Waals surface area contributed by atoms with Crippen molar-refractivity contribution in [3.63, 3.8) is 0 Å². The summed E-state index contributed by atoms with van der Waals surface area (Å²) in [4.78, 5) is 0. The molecule has 2 heterocycles. The van der Waals surface area contributed by atoms with Crippen molar-refractivity contribution in [3.05, 3.63) is 59.2 Å². The summed E-state index contributed by atoms with van der Waals surface area (Å²) in [7, 11) is 0. The van der Waals surface area contributed by atoms with Crippen LogP contribution in [0.5, 0.6) is 11.5 Å². The molecule has 0 amide bonds. The van der Waals surface area contributed by atoms with Crippen LogP contribution in [0.4, 0.5) is 0 Å². The van der Waals surface area contributed by atoms with Gasteiger partial charge in [0.05, 0.1) is 6.04 Å². The van der Waals surface area contributed by atoms with E-state index in [0.717, 1.165) is 24.5 Å². The Bertz CT molecular complexity index is 610. The molecule has 1 atom stereocenters. The van der Waals surface area contributed by atoms with Gasteiger partial charge in [0.25, 0.3) is 0 Å². The average Bonchev–Trinajstić information content (AvgIpc) is 2.92. The molecule has 3 heteroatoms. The molecule has 2 aliphatic rings. The average molecular weight is 253 g/mol. The number of rotatable bonds is 1. The summed E-state index contributed by atoms with van der Waals surface area (Å²) in [6.45, 7) is 1.33. The van der Waals surface area contributed by atoms with Gasteiger partial charge in [0.1, 0.15) is 0 Å². The highest BCUT2D eigenvalue weighted by Gasteiger charge is 2.25.